The van der Waals surface area contributed by atoms with Gasteiger partial charge in [-0.1, -0.05) is 34.1 Å². The van der Waals surface area contributed by atoms with E-state index in [0.29, 0.717) is 0 Å². The largest absolute Gasteiger partial charge is 0.497 e. The number of pyridine rings is 1. The molecule has 0 unspecified atom stereocenters. The zero-order valence-corrected chi connectivity index (χ0v) is 13.2. The number of ether oxygens (including phenoxy) is 1. The van der Waals surface area contributed by atoms with Crippen molar-refractivity contribution in [2.75, 3.05) is 12.4 Å². The number of nitrogens with one attached hydrogen (secondary N) is 1. The Balaban J connectivity index is 1.89. The SMILES string of the molecule is COc1ccc2ccnc(NCc3cccc(Br)c3)c2c1. The van der Waals surface area contributed by atoms with Gasteiger partial charge in [-0.15, -0.1) is 0 Å². The van der Waals surface area contributed by atoms with Crippen LogP contribution in [0.5, 0.6) is 5.75 Å². The van der Waals surface area contributed by atoms with Gasteiger partial charge in [0.15, 0.2) is 0 Å². The van der Waals surface area contributed by atoms with Gasteiger partial charge in [0.05, 0.1) is 7.11 Å². The summed E-state index contributed by atoms with van der Waals surface area (Å²) in [6.45, 7) is 0.725. The van der Waals surface area contributed by atoms with E-state index in [1.807, 2.05) is 42.6 Å². The molecule has 0 bridgehead atoms. The highest BCUT2D eigenvalue weighted by molar-refractivity contribution is 9.10. The van der Waals surface area contributed by atoms with Gasteiger partial charge in [0.1, 0.15) is 11.6 Å². The molecule has 0 spiro atoms. The molecular formula is C17H15BrN2O. The third kappa shape index (κ3) is 3.16. The monoisotopic (exact) mass is 342 g/mol. The molecule has 0 radical (unpaired) electrons. The number of aromatic nitrogens is 1. The lowest BCUT2D eigenvalue weighted by atomic mass is 10.1. The molecule has 0 saturated carbocycles. The number of fused-ring (bicyclic) bond motifs is 1. The van der Waals surface area contributed by atoms with Gasteiger partial charge >= 0.3 is 0 Å². The molecule has 3 nitrogen and oxygen atoms in total. The first kappa shape index (κ1) is 13.9. The van der Waals surface area contributed by atoms with E-state index < -0.39 is 0 Å². The molecule has 3 aromatic rings. The average molecular weight is 343 g/mol. The lowest BCUT2D eigenvalue weighted by molar-refractivity contribution is 0.415. The fourth-order valence-corrected chi connectivity index (χ4v) is 2.69. The van der Waals surface area contributed by atoms with Crippen molar-refractivity contribution in [1.82, 2.24) is 4.98 Å². The molecule has 2 aromatic carbocycles. The maximum Gasteiger partial charge on any atom is 0.134 e. The third-order valence-electron chi connectivity index (χ3n) is 3.32. The minimum Gasteiger partial charge on any atom is -0.497 e. The van der Waals surface area contributed by atoms with Gasteiger partial charge in [0, 0.05) is 22.6 Å². The Morgan fingerprint density at radius 3 is 2.86 bits per heavy atom. The molecule has 0 fully saturated rings. The summed E-state index contributed by atoms with van der Waals surface area (Å²) in [7, 11) is 1.67. The summed E-state index contributed by atoms with van der Waals surface area (Å²) < 4.78 is 6.37. The zero-order chi connectivity index (χ0) is 14.7. The Bertz CT molecular complexity index is 774. The van der Waals surface area contributed by atoms with Gasteiger partial charge in [-0.3, -0.25) is 0 Å². The number of methoxy groups -OCH3 is 1. The van der Waals surface area contributed by atoms with Gasteiger partial charge in [-0.25, -0.2) is 4.98 Å². The molecule has 1 N–H and O–H groups in total. The van der Waals surface area contributed by atoms with Crippen LogP contribution in [-0.2, 0) is 6.54 Å². The Hall–Kier alpha value is -2.07. The van der Waals surface area contributed by atoms with Crippen molar-refractivity contribution < 1.29 is 4.74 Å². The molecule has 0 aliphatic heterocycles. The number of benzene rings is 2. The van der Waals surface area contributed by atoms with E-state index in [1.54, 1.807) is 7.11 Å². The highest BCUT2D eigenvalue weighted by atomic mass is 79.9. The van der Waals surface area contributed by atoms with Crippen LogP contribution in [0.1, 0.15) is 5.56 Å². The summed E-state index contributed by atoms with van der Waals surface area (Å²) >= 11 is 3.49. The van der Waals surface area contributed by atoms with E-state index in [2.05, 4.69) is 38.4 Å². The average Bonchev–Trinajstić information content (AvgIpc) is 2.52. The molecule has 3 rings (SSSR count). The summed E-state index contributed by atoms with van der Waals surface area (Å²) in [4.78, 5) is 4.44. The molecule has 0 amide bonds. The minimum absolute atomic E-state index is 0.725. The zero-order valence-electron chi connectivity index (χ0n) is 11.6. The molecule has 21 heavy (non-hydrogen) atoms. The van der Waals surface area contributed by atoms with Crippen molar-refractivity contribution >= 4 is 32.5 Å². The molecule has 106 valence electrons. The summed E-state index contributed by atoms with van der Waals surface area (Å²) in [6, 6.07) is 16.2. The predicted molar refractivity (Wildman–Crippen MR) is 89.8 cm³/mol. The van der Waals surface area contributed by atoms with Crippen LogP contribution in [0.2, 0.25) is 0 Å². The van der Waals surface area contributed by atoms with Gasteiger partial charge in [0.25, 0.3) is 0 Å². The Kier molecular flexibility index (Phi) is 4.06. The quantitative estimate of drug-likeness (QED) is 0.751. The second-order valence-electron chi connectivity index (χ2n) is 4.73. The number of rotatable bonds is 4. The van der Waals surface area contributed by atoms with E-state index >= 15 is 0 Å². The lowest BCUT2D eigenvalue weighted by Crippen LogP contribution is -2.02. The van der Waals surface area contributed by atoms with Gasteiger partial charge in [0.2, 0.25) is 0 Å². The second kappa shape index (κ2) is 6.14. The van der Waals surface area contributed by atoms with Gasteiger partial charge in [-0.05, 0) is 41.3 Å². The maximum atomic E-state index is 5.29. The fraction of sp³-hybridized carbons (Fsp3) is 0.118. The first-order chi connectivity index (χ1) is 10.3. The molecule has 1 aromatic heterocycles. The van der Waals surface area contributed by atoms with Gasteiger partial charge in [-0.2, -0.15) is 0 Å². The number of hydrogen-bond acceptors (Lipinski definition) is 3. The molecule has 4 heteroatoms. The van der Waals surface area contributed by atoms with E-state index in [0.717, 1.165) is 33.4 Å². The predicted octanol–water partition coefficient (Wildman–Crippen LogP) is 4.62. The topological polar surface area (TPSA) is 34.1 Å². The van der Waals surface area contributed by atoms with Crippen LogP contribution in [0, 0.1) is 0 Å². The van der Waals surface area contributed by atoms with E-state index in [-0.39, 0.29) is 0 Å². The molecule has 0 aliphatic carbocycles. The highest BCUT2D eigenvalue weighted by Crippen LogP contribution is 2.26. The molecular weight excluding hydrogens is 328 g/mol. The van der Waals surface area contributed by atoms with Crippen LogP contribution in [0.15, 0.2) is 59.2 Å². The molecule has 1 heterocycles. The Labute approximate surface area is 132 Å². The van der Waals surface area contributed by atoms with E-state index in [9.17, 15) is 0 Å². The summed E-state index contributed by atoms with van der Waals surface area (Å²) in [5, 5.41) is 5.60. The summed E-state index contributed by atoms with van der Waals surface area (Å²) in [5.74, 6) is 1.70. The smallest absolute Gasteiger partial charge is 0.134 e. The number of anilines is 1. The van der Waals surface area contributed by atoms with Crippen molar-refractivity contribution in [2.24, 2.45) is 0 Å². The Morgan fingerprint density at radius 1 is 1.14 bits per heavy atom. The number of nitrogens with zero attached hydrogens (tertiary/aromatic N) is 1. The van der Waals surface area contributed by atoms with Crippen molar-refractivity contribution in [1.29, 1.82) is 0 Å². The normalized spacial score (nSPS) is 10.6. The van der Waals surface area contributed by atoms with Crippen LogP contribution >= 0.6 is 15.9 Å². The minimum atomic E-state index is 0.725. The standard InChI is InChI=1S/C17H15BrN2O/c1-21-15-6-5-13-7-8-19-17(16(13)10-15)20-11-12-3-2-4-14(18)9-12/h2-10H,11H2,1H3,(H,19,20). The second-order valence-corrected chi connectivity index (χ2v) is 5.65. The van der Waals surface area contributed by atoms with Gasteiger partial charge < -0.3 is 10.1 Å². The van der Waals surface area contributed by atoms with Crippen LogP contribution in [0.25, 0.3) is 10.8 Å². The fourth-order valence-electron chi connectivity index (χ4n) is 2.25. The van der Waals surface area contributed by atoms with Crippen LogP contribution in [-0.4, -0.2) is 12.1 Å². The van der Waals surface area contributed by atoms with Crippen molar-refractivity contribution in [3.8, 4) is 5.75 Å². The third-order valence-corrected chi connectivity index (χ3v) is 3.82. The van der Waals surface area contributed by atoms with Crippen LogP contribution < -0.4 is 10.1 Å². The summed E-state index contributed by atoms with van der Waals surface area (Å²) in [5.41, 5.74) is 1.20. The molecule has 0 aliphatic rings. The lowest BCUT2D eigenvalue weighted by Gasteiger charge is -2.10. The number of hydrogen-bond donors (Lipinski definition) is 1. The molecule has 0 saturated heterocycles. The van der Waals surface area contributed by atoms with E-state index in [4.69, 9.17) is 4.74 Å². The maximum absolute atomic E-state index is 5.29. The van der Waals surface area contributed by atoms with Crippen molar-refractivity contribution in [3.63, 3.8) is 0 Å². The summed E-state index contributed by atoms with van der Waals surface area (Å²) in [6.07, 6.45) is 1.82. The first-order valence-corrected chi connectivity index (χ1v) is 7.46. The number of halogens is 1. The molecule has 0 atom stereocenters. The first-order valence-electron chi connectivity index (χ1n) is 6.67. The van der Waals surface area contributed by atoms with Crippen LogP contribution in [0.3, 0.4) is 0 Å². The van der Waals surface area contributed by atoms with Crippen molar-refractivity contribution in [2.45, 2.75) is 6.54 Å². The Morgan fingerprint density at radius 2 is 2.05 bits per heavy atom. The highest BCUT2D eigenvalue weighted by Gasteiger charge is 2.04. The van der Waals surface area contributed by atoms with Crippen molar-refractivity contribution in [3.05, 3.63) is 64.8 Å². The van der Waals surface area contributed by atoms with E-state index in [1.165, 1.54) is 5.56 Å². The van der Waals surface area contributed by atoms with Crippen LogP contribution in [0.4, 0.5) is 5.82 Å².